The van der Waals surface area contributed by atoms with E-state index >= 15 is 4.39 Å². The maximum absolute atomic E-state index is 15.4. The van der Waals surface area contributed by atoms with E-state index < -0.39 is 41.8 Å². The van der Waals surface area contributed by atoms with Gasteiger partial charge in [-0.25, -0.2) is 23.9 Å². The molecule has 0 radical (unpaired) electrons. The van der Waals surface area contributed by atoms with Gasteiger partial charge in [-0.3, -0.25) is 9.59 Å². The number of nitrogens with zero attached hydrogens (tertiary/aromatic N) is 5. The van der Waals surface area contributed by atoms with E-state index in [1.165, 1.54) is 20.3 Å². The van der Waals surface area contributed by atoms with Crippen LogP contribution in [0.1, 0.15) is 119 Å². The largest absolute Gasteiger partial charge is 0.453 e. The van der Waals surface area contributed by atoms with Gasteiger partial charge in [-0.05, 0) is 104 Å². The van der Waals surface area contributed by atoms with Gasteiger partial charge >= 0.3 is 18.4 Å². The molecular weight excluding hydrogens is 863 g/mol. The number of rotatable bonds is 11. The number of H-pyrrole nitrogens is 2. The molecule has 19 heteroatoms. The summed E-state index contributed by atoms with van der Waals surface area (Å²) in [7, 11) is 2.49. The Morgan fingerprint density at radius 2 is 1.12 bits per heavy atom. The zero-order valence-corrected chi connectivity index (χ0v) is 37.7. The average Bonchev–Trinajstić information content (AvgIpc) is 4.14. The van der Waals surface area contributed by atoms with E-state index in [4.69, 9.17) is 19.4 Å². The summed E-state index contributed by atoms with van der Waals surface area (Å²) in [5, 5.41) is 5.33. The van der Waals surface area contributed by atoms with Gasteiger partial charge in [0.2, 0.25) is 11.8 Å². The third kappa shape index (κ3) is 8.95. The predicted octanol–water partition coefficient (Wildman–Crippen LogP) is 8.77. The molecule has 0 spiro atoms. The minimum Gasteiger partial charge on any atom is -0.453 e. The fraction of sp³-hybridized carbons (Fsp3) is 0.489. The van der Waals surface area contributed by atoms with Crippen molar-refractivity contribution in [3.63, 3.8) is 0 Å². The number of aromatic nitrogens is 4. The molecule has 15 nitrogen and oxygen atoms in total. The van der Waals surface area contributed by atoms with Crippen LogP contribution in [0.3, 0.4) is 0 Å². The molecule has 4 N–H and O–H groups in total. The number of hydrogen-bond acceptors (Lipinski definition) is 9. The number of aromatic amines is 2. The lowest BCUT2D eigenvalue weighted by molar-refractivity contribution is -0.140. The number of carbonyl (C=O) groups is 4. The van der Waals surface area contributed by atoms with Gasteiger partial charge in [0.1, 0.15) is 29.5 Å². The minimum atomic E-state index is -4.88. The summed E-state index contributed by atoms with van der Waals surface area (Å²) >= 11 is 0. The van der Waals surface area contributed by atoms with Crippen molar-refractivity contribution >= 4 is 51.8 Å². The maximum Gasteiger partial charge on any atom is 0.419 e. The molecule has 4 amide bonds. The zero-order valence-electron chi connectivity index (χ0n) is 37.7. The Bertz CT molecular complexity index is 2480. The highest BCUT2D eigenvalue weighted by Crippen LogP contribution is 2.49. The van der Waals surface area contributed by atoms with Crippen molar-refractivity contribution in [2.24, 2.45) is 11.8 Å². The Morgan fingerprint density at radius 3 is 1.52 bits per heavy atom. The normalized spacial score (nSPS) is 21.0. The number of nitrogens with one attached hydrogen (secondary N) is 4. The highest BCUT2D eigenvalue weighted by molar-refractivity contribution is 5.87. The average molecular weight is 918 g/mol. The summed E-state index contributed by atoms with van der Waals surface area (Å²) in [6.45, 7) is 8.36. The molecule has 5 aromatic rings. The van der Waals surface area contributed by atoms with Crippen LogP contribution in [0, 0.1) is 17.7 Å². The third-order valence-electron chi connectivity index (χ3n) is 13.2. The van der Waals surface area contributed by atoms with E-state index in [0.717, 1.165) is 36.1 Å². The molecule has 0 bridgehead atoms. The van der Waals surface area contributed by atoms with Crippen molar-refractivity contribution in [1.29, 1.82) is 0 Å². The number of halogens is 4. The summed E-state index contributed by atoms with van der Waals surface area (Å²) in [5.41, 5.74) is 3.31. The van der Waals surface area contributed by atoms with Crippen molar-refractivity contribution < 1.29 is 46.2 Å². The molecule has 5 heterocycles. The summed E-state index contributed by atoms with van der Waals surface area (Å²) in [6, 6.07) is 11.4. The van der Waals surface area contributed by atoms with Crippen LogP contribution in [0.2, 0.25) is 0 Å². The Balaban J connectivity index is 1.10. The standard InChI is InChI=1S/C47H55F4N9O6/c1-24(2)39(56-45(63)65-5)43(61)58-19-7-9-37(58)41-52-31-15-11-26(21-33(31)54-41)35-17-18-36(60(35)28-13-14-29(30(48)23-28)47(49,50)51)27-12-16-32-34(22-27)55-42(53-32)38-10-8-20-59(38)44(62)40(25(3)4)57-46(64)66-6/h11-16,21-25,35-40H,7-10,17-20H2,1-6H3,(H,52,54)(H,53,55)(H,56,63)(H,57,64)/t35-,36?,37+,38+,39+,40+/m1/s1. The van der Waals surface area contributed by atoms with Gasteiger partial charge in [0.25, 0.3) is 0 Å². The number of alkyl halides is 3. The number of benzene rings is 3. The van der Waals surface area contributed by atoms with Gasteiger partial charge in [-0.2, -0.15) is 13.2 Å². The molecule has 3 aliphatic rings. The van der Waals surface area contributed by atoms with Crippen LogP contribution in [0.25, 0.3) is 22.1 Å². The van der Waals surface area contributed by atoms with Crippen LogP contribution in [-0.2, 0) is 25.2 Å². The summed E-state index contributed by atoms with van der Waals surface area (Å²) in [6.07, 6.45) is -2.31. The highest BCUT2D eigenvalue weighted by Gasteiger charge is 2.41. The van der Waals surface area contributed by atoms with E-state index in [9.17, 15) is 32.3 Å². The van der Waals surface area contributed by atoms with Crippen molar-refractivity contribution in [1.82, 2.24) is 40.4 Å². The number of amides is 4. The molecule has 3 aromatic carbocycles. The molecular formula is C47H55F4N9O6. The van der Waals surface area contributed by atoms with Crippen LogP contribution in [0.5, 0.6) is 0 Å². The number of fused-ring (bicyclic) bond motifs is 2. The Morgan fingerprint density at radius 1 is 0.667 bits per heavy atom. The topological polar surface area (TPSA) is 178 Å². The second-order valence-electron chi connectivity index (χ2n) is 18.1. The molecule has 0 saturated carbocycles. The number of carbonyl (C=O) groups excluding carboxylic acids is 4. The van der Waals surface area contributed by atoms with Crippen molar-refractivity contribution in [3.8, 4) is 0 Å². The van der Waals surface area contributed by atoms with Gasteiger partial charge in [-0.15, -0.1) is 0 Å². The first-order valence-electron chi connectivity index (χ1n) is 22.4. The maximum atomic E-state index is 15.4. The van der Waals surface area contributed by atoms with E-state index in [2.05, 4.69) is 20.6 Å². The number of likely N-dealkylation sites (tertiary alicyclic amines) is 2. The lowest BCUT2D eigenvalue weighted by atomic mass is 10.0. The number of anilines is 1. The van der Waals surface area contributed by atoms with E-state index in [1.54, 1.807) is 9.80 Å². The Labute approximate surface area is 379 Å². The first kappa shape index (κ1) is 46.1. The fourth-order valence-electron chi connectivity index (χ4n) is 9.93. The zero-order chi connectivity index (χ0) is 47.2. The molecule has 66 heavy (non-hydrogen) atoms. The van der Waals surface area contributed by atoms with Crippen LogP contribution < -0.4 is 15.5 Å². The molecule has 0 aliphatic carbocycles. The monoisotopic (exact) mass is 917 g/mol. The molecule has 8 rings (SSSR count). The number of alkyl carbamates (subject to hydrolysis) is 2. The van der Waals surface area contributed by atoms with Crippen LogP contribution in [-0.4, -0.2) is 93.1 Å². The third-order valence-corrected chi connectivity index (χ3v) is 13.2. The lowest BCUT2D eigenvalue weighted by Gasteiger charge is -2.33. The highest BCUT2D eigenvalue weighted by atomic mass is 19.4. The van der Waals surface area contributed by atoms with Gasteiger partial charge in [0, 0.05) is 18.8 Å². The lowest BCUT2D eigenvalue weighted by Crippen LogP contribution is -2.51. The quantitative estimate of drug-likeness (QED) is 0.0944. The van der Waals surface area contributed by atoms with Crippen molar-refractivity contribution in [3.05, 3.63) is 88.8 Å². The SMILES string of the molecule is COC(=O)N[C@H](C(=O)N1CCC[C@H]1c1nc2ccc(C3CC[C@H](c4ccc5nc([C@@H]6CCCN6C(=O)[C@@H](NC(=O)OC)C(C)C)[nH]c5c4)N3c3ccc(C(F)(F)F)c(F)c3)cc2[nH]1)C(C)C. The fourth-order valence-corrected chi connectivity index (χ4v) is 9.93. The van der Waals surface area contributed by atoms with E-state index in [0.29, 0.717) is 72.5 Å². The Hall–Kier alpha value is -6.40. The van der Waals surface area contributed by atoms with Crippen LogP contribution in [0.15, 0.2) is 54.6 Å². The number of imidazole rings is 2. The van der Waals surface area contributed by atoms with Crippen LogP contribution in [0.4, 0.5) is 32.8 Å². The predicted molar refractivity (Wildman–Crippen MR) is 236 cm³/mol. The van der Waals surface area contributed by atoms with Gasteiger partial charge in [0.15, 0.2) is 0 Å². The number of ether oxygens (including phenoxy) is 2. The van der Waals surface area contributed by atoms with Crippen LogP contribution >= 0.6 is 0 Å². The molecule has 1 unspecified atom stereocenters. The van der Waals surface area contributed by atoms with Gasteiger partial charge in [0.05, 0.1) is 66.0 Å². The number of methoxy groups -OCH3 is 2. The molecule has 3 fully saturated rings. The molecule has 352 valence electrons. The molecule has 6 atom stereocenters. The first-order valence-corrected chi connectivity index (χ1v) is 22.4. The van der Waals surface area contributed by atoms with E-state index in [-0.39, 0.29) is 53.5 Å². The van der Waals surface area contributed by atoms with E-state index in [1.807, 2.05) is 69.0 Å². The van der Waals surface area contributed by atoms with Gasteiger partial charge in [-0.1, -0.05) is 39.8 Å². The smallest absolute Gasteiger partial charge is 0.419 e. The second-order valence-corrected chi connectivity index (χ2v) is 18.1. The van der Waals surface area contributed by atoms with Crippen molar-refractivity contribution in [2.75, 3.05) is 32.2 Å². The summed E-state index contributed by atoms with van der Waals surface area (Å²) in [5.74, 6) is -1.06. The Kier molecular flexibility index (Phi) is 12.9. The van der Waals surface area contributed by atoms with Crippen molar-refractivity contribution in [2.45, 2.75) is 109 Å². The second kappa shape index (κ2) is 18.5. The summed E-state index contributed by atoms with van der Waals surface area (Å²) in [4.78, 5) is 73.9. The summed E-state index contributed by atoms with van der Waals surface area (Å²) < 4.78 is 66.4. The molecule has 2 aromatic heterocycles. The molecule has 3 aliphatic heterocycles. The first-order chi connectivity index (χ1) is 31.5. The molecule has 3 saturated heterocycles. The minimum absolute atomic E-state index is 0.201. The van der Waals surface area contributed by atoms with Gasteiger partial charge < -0.3 is 44.8 Å². The number of hydrogen-bond donors (Lipinski definition) is 4.